The first-order chi connectivity index (χ1) is 14.5. The summed E-state index contributed by atoms with van der Waals surface area (Å²) in [5.41, 5.74) is 5.12. The quantitative estimate of drug-likeness (QED) is 0.522. The van der Waals surface area contributed by atoms with E-state index >= 15 is 0 Å². The van der Waals surface area contributed by atoms with Gasteiger partial charge in [0.05, 0.1) is 35.3 Å². The van der Waals surface area contributed by atoms with Crippen molar-refractivity contribution in [3.05, 3.63) is 83.3 Å². The van der Waals surface area contributed by atoms with Gasteiger partial charge in [-0.25, -0.2) is 14.3 Å². The molecule has 0 radical (unpaired) electrons. The highest BCUT2D eigenvalue weighted by Crippen LogP contribution is 2.28. The fourth-order valence-corrected chi connectivity index (χ4v) is 3.44. The molecule has 150 valence electrons. The molecule has 7 nitrogen and oxygen atoms in total. The molecule has 30 heavy (non-hydrogen) atoms. The van der Waals surface area contributed by atoms with Crippen LogP contribution in [-0.4, -0.2) is 33.6 Å². The predicted molar refractivity (Wildman–Crippen MR) is 114 cm³/mol. The van der Waals surface area contributed by atoms with E-state index in [4.69, 9.17) is 4.74 Å². The molecule has 0 fully saturated rings. The van der Waals surface area contributed by atoms with Gasteiger partial charge in [0.25, 0.3) is 5.91 Å². The van der Waals surface area contributed by atoms with E-state index in [0.717, 1.165) is 16.8 Å². The summed E-state index contributed by atoms with van der Waals surface area (Å²) in [5.74, 6) is -0.904. The maximum absolute atomic E-state index is 13.0. The monoisotopic (exact) mass is 400 g/mol. The van der Waals surface area contributed by atoms with Gasteiger partial charge in [-0.2, -0.15) is 5.10 Å². The fraction of sp³-hybridized carbons (Fsp3) is 0.130. The minimum atomic E-state index is -0.522. The number of aromatic nitrogens is 3. The van der Waals surface area contributed by atoms with Gasteiger partial charge in [-0.1, -0.05) is 42.5 Å². The van der Waals surface area contributed by atoms with E-state index in [9.17, 15) is 9.59 Å². The van der Waals surface area contributed by atoms with Crippen molar-refractivity contribution in [2.45, 2.75) is 13.8 Å². The normalized spacial score (nSPS) is 10.8. The minimum Gasteiger partial charge on any atom is -0.465 e. The number of para-hydroxylation sites is 1. The van der Waals surface area contributed by atoms with E-state index in [1.54, 1.807) is 28.8 Å². The molecule has 2 aromatic heterocycles. The molecule has 0 unspecified atom stereocenters. The first-order valence-electron chi connectivity index (χ1n) is 9.40. The van der Waals surface area contributed by atoms with Gasteiger partial charge in [0.2, 0.25) is 0 Å². The number of anilines is 1. The molecule has 7 heteroatoms. The number of hydrogen-bond donors (Lipinski definition) is 1. The molecule has 2 heterocycles. The lowest BCUT2D eigenvalue weighted by atomic mass is 10.1. The number of carbonyl (C=O) groups is 2. The number of ether oxygens (including phenoxy) is 1. The van der Waals surface area contributed by atoms with Crippen LogP contribution in [0.5, 0.6) is 0 Å². The van der Waals surface area contributed by atoms with Gasteiger partial charge in [-0.05, 0) is 31.5 Å². The molecular weight excluding hydrogens is 380 g/mol. The summed E-state index contributed by atoms with van der Waals surface area (Å²) in [7, 11) is 1.30. The number of amides is 1. The van der Waals surface area contributed by atoms with Crippen molar-refractivity contribution in [1.29, 1.82) is 0 Å². The Morgan fingerprint density at radius 1 is 0.967 bits per heavy atom. The number of nitrogens with one attached hydrogen (secondary N) is 1. The van der Waals surface area contributed by atoms with E-state index in [1.807, 2.05) is 44.2 Å². The molecule has 1 amide bonds. The third-order valence-corrected chi connectivity index (χ3v) is 4.95. The fourth-order valence-electron chi connectivity index (χ4n) is 3.44. The summed E-state index contributed by atoms with van der Waals surface area (Å²) < 4.78 is 6.47. The smallest absolute Gasteiger partial charge is 0.339 e. The molecule has 2 aromatic carbocycles. The van der Waals surface area contributed by atoms with E-state index < -0.39 is 5.97 Å². The van der Waals surface area contributed by atoms with E-state index in [2.05, 4.69) is 15.4 Å². The predicted octanol–water partition coefficient (Wildman–Crippen LogP) is 4.05. The first-order valence-corrected chi connectivity index (χ1v) is 9.40. The summed E-state index contributed by atoms with van der Waals surface area (Å²) in [6, 6.07) is 16.6. The average Bonchev–Trinajstić information content (AvgIpc) is 3.11. The second-order valence-electron chi connectivity index (χ2n) is 6.81. The molecule has 0 saturated heterocycles. The number of benzene rings is 2. The highest BCUT2D eigenvalue weighted by Gasteiger charge is 2.20. The topological polar surface area (TPSA) is 85.6 Å². The maximum atomic E-state index is 13.0. The number of fused-ring (bicyclic) bond motifs is 1. The molecule has 4 aromatic rings. The first kappa shape index (κ1) is 19.3. The molecule has 0 spiro atoms. The van der Waals surface area contributed by atoms with Crippen LogP contribution in [-0.2, 0) is 4.74 Å². The molecule has 0 atom stereocenters. The average molecular weight is 400 g/mol. The second kappa shape index (κ2) is 7.79. The lowest BCUT2D eigenvalue weighted by Gasteiger charge is -2.11. The summed E-state index contributed by atoms with van der Waals surface area (Å²) in [4.78, 5) is 29.5. The Balaban J connectivity index is 1.74. The zero-order chi connectivity index (χ0) is 21.3. The van der Waals surface area contributed by atoms with Crippen LogP contribution in [0.15, 0.2) is 60.8 Å². The highest BCUT2D eigenvalue weighted by molar-refractivity contribution is 6.08. The zero-order valence-electron chi connectivity index (χ0n) is 16.8. The Bertz CT molecular complexity index is 1260. The molecule has 0 bridgehead atoms. The Labute approximate surface area is 173 Å². The molecular formula is C23H20N4O3. The second-order valence-corrected chi connectivity index (χ2v) is 6.81. The minimum absolute atomic E-state index is 0.279. The van der Waals surface area contributed by atoms with Gasteiger partial charge >= 0.3 is 5.97 Å². The highest BCUT2D eigenvalue weighted by atomic mass is 16.5. The van der Waals surface area contributed by atoms with E-state index in [-0.39, 0.29) is 11.5 Å². The van der Waals surface area contributed by atoms with Crippen molar-refractivity contribution in [2.24, 2.45) is 0 Å². The summed E-state index contributed by atoms with van der Waals surface area (Å²) in [5, 5.41) is 7.38. The molecule has 0 aliphatic heterocycles. The van der Waals surface area contributed by atoms with Crippen LogP contribution in [0.4, 0.5) is 5.69 Å². The number of nitrogens with zero attached hydrogens (tertiary/aromatic N) is 3. The van der Waals surface area contributed by atoms with Crippen molar-refractivity contribution in [2.75, 3.05) is 12.4 Å². The van der Waals surface area contributed by atoms with Gasteiger partial charge in [-0.3, -0.25) is 4.79 Å². The third-order valence-electron chi connectivity index (χ3n) is 4.95. The SMILES string of the molecule is COC(=O)c1ccccc1NC(=O)c1cnc2c(-c3ccccc3)c(C)nn2c1C. The number of esters is 1. The largest absolute Gasteiger partial charge is 0.465 e. The summed E-state index contributed by atoms with van der Waals surface area (Å²) >= 11 is 0. The van der Waals surface area contributed by atoms with Gasteiger partial charge in [0.15, 0.2) is 5.65 Å². The van der Waals surface area contributed by atoms with Crippen molar-refractivity contribution in [1.82, 2.24) is 14.6 Å². The molecule has 0 aliphatic rings. The number of methoxy groups -OCH3 is 1. The van der Waals surface area contributed by atoms with Gasteiger partial charge in [0, 0.05) is 11.8 Å². The third kappa shape index (κ3) is 3.30. The molecule has 4 rings (SSSR count). The number of carbonyl (C=O) groups excluding carboxylic acids is 2. The Hall–Kier alpha value is -4.00. The van der Waals surface area contributed by atoms with Gasteiger partial charge in [-0.15, -0.1) is 0 Å². The Morgan fingerprint density at radius 2 is 1.67 bits per heavy atom. The summed E-state index contributed by atoms with van der Waals surface area (Å²) in [6.45, 7) is 3.74. The van der Waals surface area contributed by atoms with Crippen LogP contribution in [0, 0.1) is 13.8 Å². The van der Waals surface area contributed by atoms with Crippen molar-refractivity contribution < 1.29 is 14.3 Å². The van der Waals surface area contributed by atoms with Gasteiger partial charge < -0.3 is 10.1 Å². The Kier molecular flexibility index (Phi) is 5.02. The summed E-state index contributed by atoms with van der Waals surface area (Å²) in [6.07, 6.45) is 1.54. The standard InChI is InChI=1S/C23H20N4O3/c1-14-20(16-9-5-4-6-10-16)21-24-13-18(15(2)27(21)26-14)22(28)25-19-12-8-7-11-17(19)23(29)30-3/h4-13H,1-3H3,(H,25,28). The van der Waals surface area contributed by atoms with Crippen molar-refractivity contribution in [3.8, 4) is 11.1 Å². The number of aryl methyl sites for hydroxylation is 2. The molecule has 0 saturated carbocycles. The van der Waals surface area contributed by atoms with Crippen LogP contribution < -0.4 is 5.32 Å². The zero-order valence-corrected chi connectivity index (χ0v) is 16.8. The van der Waals surface area contributed by atoms with Gasteiger partial charge in [0.1, 0.15) is 0 Å². The van der Waals surface area contributed by atoms with E-state index in [0.29, 0.717) is 22.6 Å². The molecule has 0 aliphatic carbocycles. The van der Waals surface area contributed by atoms with Crippen LogP contribution in [0.3, 0.4) is 0 Å². The lowest BCUT2D eigenvalue weighted by Crippen LogP contribution is -2.18. The Morgan fingerprint density at radius 3 is 2.40 bits per heavy atom. The van der Waals surface area contributed by atoms with E-state index in [1.165, 1.54) is 13.3 Å². The van der Waals surface area contributed by atoms with Crippen LogP contribution in [0.2, 0.25) is 0 Å². The number of hydrogen-bond acceptors (Lipinski definition) is 5. The van der Waals surface area contributed by atoms with Crippen LogP contribution in [0.25, 0.3) is 16.8 Å². The van der Waals surface area contributed by atoms with Crippen LogP contribution >= 0.6 is 0 Å². The molecule has 1 N–H and O–H groups in total. The van der Waals surface area contributed by atoms with Crippen molar-refractivity contribution in [3.63, 3.8) is 0 Å². The number of rotatable bonds is 4. The van der Waals surface area contributed by atoms with Crippen molar-refractivity contribution >= 4 is 23.2 Å². The lowest BCUT2D eigenvalue weighted by molar-refractivity contribution is 0.0602. The van der Waals surface area contributed by atoms with Crippen LogP contribution in [0.1, 0.15) is 32.1 Å². The maximum Gasteiger partial charge on any atom is 0.339 e.